The van der Waals surface area contributed by atoms with Crippen molar-refractivity contribution >= 4 is 0 Å². The molecule has 0 fully saturated rings. The van der Waals surface area contributed by atoms with E-state index in [0.717, 1.165) is 11.5 Å². The van der Waals surface area contributed by atoms with Gasteiger partial charge in [-0.15, -0.1) is 0 Å². The van der Waals surface area contributed by atoms with E-state index < -0.39 is 6.10 Å². The predicted molar refractivity (Wildman–Crippen MR) is 56.6 cm³/mol. The first-order valence-electron chi connectivity index (χ1n) is 5.10. The van der Waals surface area contributed by atoms with Gasteiger partial charge in [0.15, 0.2) is 0 Å². The molecule has 16 heavy (non-hydrogen) atoms. The Labute approximate surface area is 93.1 Å². The molecule has 1 unspecified atom stereocenters. The number of nitrogens with zero attached hydrogens (tertiary/aromatic N) is 1. The van der Waals surface area contributed by atoms with Gasteiger partial charge in [0, 0.05) is 19.2 Å². The monoisotopic (exact) mass is 222 g/mol. The lowest BCUT2D eigenvalue weighted by atomic mass is 10.2. The minimum atomic E-state index is -0.636. The molecule has 2 heterocycles. The third-order valence-corrected chi connectivity index (χ3v) is 2.19. The molecule has 0 saturated heterocycles. The molecule has 5 nitrogen and oxygen atoms in total. The summed E-state index contributed by atoms with van der Waals surface area (Å²) in [6.07, 6.45) is 0.905. The molecule has 5 heteroatoms. The topological polar surface area (TPSA) is 71.4 Å². The molecule has 0 aliphatic rings. The zero-order valence-corrected chi connectivity index (χ0v) is 9.01. The van der Waals surface area contributed by atoms with Crippen molar-refractivity contribution in [2.24, 2.45) is 0 Å². The van der Waals surface area contributed by atoms with Crippen LogP contribution in [0, 0.1) is 6.92 Å². The van der Waals surface area contributed by atoms with Crippen LogP contribution in [0.15, 0.2) is 33.4 Å². The molecule has 0 amide bonds. The lowest BCUT2D eigenvalue weighted by Gasteiger charge is -2.07. The Balaban J connectivity index is 1.76. The van der Waals surface area contributed by atoms with Crippen molar-refractivity contribution in [2.45, 2.75) is 19.6 Å². The highest BCUT2D eigenvalue weighted by atomic mass is 16.5. The van der Waals surface area contributed by atoms with Gasteiger partial charge in [-0.1, -0.05) is 5.16 Å². The van der Waals surface area contributed by atoms with E-state index in [-0.39, 0.29) is 0 Å². The van der Waals surface area contributed by atoms with Crippen LogP contribution in [0.4, 0.5) is 0 Å². The average Bonchev–Trinajstić information content (AvgIpc) is 2.89. The normalized spacial score (nSPS) is 12.9. The molecule has 2 aromatic rings. The van der Waals surface area contributed by atoms with Crippen molar-refractivity contribution in [3.8, 4) is 0 Å². The maximum Gasteiger partial charge on any atom is 0.133 e. The van der Waals surface area contributed by atoms with Crippen molar-refractivity contribution in [1.82, 2.24) is 10.5 Å². The Kier molecular flexibility index (Phi) is 3.38. The van der Waals surface area contributed by atoms with Gasteiger partial charge in [-0.05, 0) is 19.1 Å². The van der Waals surface area contributed by atoms with E-state index in [2.05, 4.69) is 10.5 Å². The Morgan fingerprint density at radius 3 is 3.06 bits per heavy atom. The van der Waals surface area contributed by atoms with Crippen LogP contribution in [0.1, 0.15) is 23.3 Å². The third-order valence-electron chi connectivity index (χ3n) is 2.19. The van der Waals surface area contributed by atoms with Gasteiger partial charge in [0.05, 0.1) is 12.0 Å². The number of hydrogen-bond acceptors (Lipinski definition) is 5. The van der Waals surface area contributed by atoms with Gasteiger partial charge < -0.3 is 19.4 Å². The second kappa shape index (κ2) is 4.96. The fraction of sp³-hybridized carbons (Fsp3) is 0.364. The molecular weight excluding hydrogens is 208 g/mol. The van der Waals surface area contributed by atoms with E-state index in [1.54, 1.807) is 18.4 Å². The second-order valence-corrected chi connectivity index (χ2v) is 3.59. The number of hydrogen-bond donors (Lipinski definition) is 2. The summed E-state index contributed by atoms with van der Waals surface area (Å²) in [4.78, 5) is 0. The minimum absolute atomic E-state index is 0.416. The summed E-state index contributed by atoms with van der Waals surface area (Å²) in [6.45, 7) is 2.82. The molecule has 0 saturated carbocycles. The summed E-state index contributed by atoms with van der Waals surface area (Å²) in [5, 5.41) is 16.6. The van der Waals surface area contributed by atoms with Crippen molar-refractivity contribution in [3.63, 3.8) is 0 Å². The number of aliphatic hydroxyl groups excluding tert-OH is 1. The molecule has 0 spiro atoms. The molecule has 0 aliphatic carbocycles. The van der Waals surface area contributed by atoms with Crippen LogP contribution < -0.4 is 5.32 Å². The molecule has 2 rings (SSSR count). The summed E-state index contributed by atoms with van der Waals surface area (Å²) in [6, 6.07) is 5.35. The Morgan fingerprint density at radius 1 is 1.56 bits per heavy atom. The number of aliphatic hydroxyl groups is 1. The van der Waals surface area contributed by atoms with E-state index in [1.165, 1.54) is 0 Å². The lowest BCUT2D eigenvalue weighted by Crippen LogP contribution is -2.20. The van der Waals surface area contributed by atoms with Crippen LogP contribution in [0.25, 0.3) is 0 Å². The Morgan fingerprint density at radius 2 is 2.44 bits per heavy atom. The molecule has 0 aromatic carbocycles. The number of nitrogens with one attached hydrogen (secondary N) is 1. The minimum Gasteiger partial charge on any atom is -0.467 e. The summed E-state index contributed by atoms with van der Waals surface area (Å²) in [5.74, 6) is 1.34. The zero-order chi connectivity index (χ0) is 11.4. The predicted octanol–water partition coefficient (Wildman–Crippen LogP) is 1.40. The maximum absolute atomic E-state index is 9.69. The van der Waals surface area contributed by atoms with Crippen molar-refractivity contribution in [1.29, 1.82) is 0 Å². The number of rotatable bonds is 5. The molecule has 0 radical (unpaired) electrons. The number of furan rings is 1. The van der Waals surface area contributed by atoms with Gasteiger partial charge in [-0.3, -0.25) is 0 Å². The van der Waals surface area contributed by atoms with Crippen LogP contribution in [-0.4, -0.2) is 16.8 Å². The van der Waals surface area contributed by atoms with Gasteiger partial charge >= 0.3 is 0 Å². The van der Waals surface area contributed by atoms with Crippen molar-refractivity contribution in [2.75, 3.05) is 6.54 Å². The molecule has 0 aliphatic heterocycles. The van der Waals surface area contributed by atoms with E-state index in [9.17, 15) is 5.11 Å². The Bertz CT molecular complexity index is 422. The van der Waals surface area contributed by atoms with Gasteiger partial charge in [0.2, 0.25) is 0 Å². The molecule has 0 bridgehead atoms. The van der Waals surface area contributed by atoms with Crippen LogP contribution in [-0.2, 0) is 6.54 Å². The summed E-state index contributed by atoms with van der Waals surface area (Å²) < 4.78 is 10.0. The zero-order valence-electron chi connectivity index (χ0n) is 9.01. The molecule has 1 atom stereocenters. The molecule has 2 N–H and O–H groups in total. The van der Waals surface area contributed by atoms with Crippen LogP contribution in [0.5, 0.6) is 0 Å². The number of aromatic nitrogens is 1. The van der Waals surface area contributed by atoms with Crippen LogP contribution >= 0.6 is 0 Å². The van der Waals surface area contributed by atoms with Crippen LogP contribution in [0.3, 0.4) is 0 Å². The van der Waals surface area contributed by atoms with Crippen molar-refractivity contribution < 1.29 is 14.0 Å². The maximum atomic E-state index is 9.69. The van der Waals surface area contributed by atoms with E-state index in [0.29, 0.717) is 18.8 Å². The SMILES string of the molecule is Cc1cc(CNCC(O)c2ccco2)no1. The molecular formula is C11H14N2O3. The van der Waals surface area contributed by atoms with E-state index in [4.69, 9.17) is 8.94 Å². The molecule has 2 aromatic heterocycles. The first kappa shape index (κ1) is 10.9. The fourth-order valence-corrected chi connectivity index (χ4v) is 1.42. The smallest absolute Gasteiger partial charge is 0.133 e. The fourth-order valence-electron chi connectivity index (χ4n) is 1.42. The highest BCUT2D eigenvalue weighted by molar-refractivity contribution is 5.04. The second-order valence-electron chi connectivity index (χ2n) is 3.59. The number of aryl methyl sites for hydroxylation is 1. The average molecular weight is 222 g/mol. The van der Waals surface area contributed by atoms with Gasteiger partial charge in [0.25, 0.3) is 0 Å². The largest absolute Gasteiger partial charge is 0.467 e. The third kappa shape index (κ3) is 2.71. The Hall–Kier alpha value is -1.59. The highest BCUT2D eigenvalue weighted by Gasteiger charge is 2.09. The van der Waals surface area contributed by atoms with Gasteiger partial charge in [0.1, 0.15) is 17.6 Å². The highest BCUT2D eigenvalue weighted by Crippen LogP contribution is 2.11. The van der Waals surface area contributed by atoms with Gasteiger partial charge in [-0.25, -0.2) is 0 Å². The van der Waals surface area contributed by atoms with E-state index >= 15 is 0 Å². The standard InChI is InChI=1S/C11H14N2O3/c1-8-5-9(13-16-8)6-12-7-10(14)11-3-2-4-15-11/h2-5,10,12,14H,6-7H2,1H3. The van der Waals surface area contributed by atoms with Gasteiger partial charge in [-0.2, -0.15) is 0 Å². The molecule has 86 valence electrons. The lowest BCUT2D eigenvalue weighted by molar-refractivity contribution is 0.147. The first-order chi connectivity index (χ1) is 7.75. The quantitative estimate of drug-likeness (QED) is 0.800. The summed E-state index contributed by atoms with van der Waals surface area (Å²) in [5.41, 5.74) is 0.823. The van der Waals surface area contributed by atoms with Crippen LogP contribution in [0.2, 0.25) is 0 Å². The first-order valence-corrected chi connectivity index (χ1v) is 5.10. The summed E-state index contributed by atoms with van der Waals surface area (Å²) in [7, 11) is 0. The summed E-state index contributed by atoms with van der Waals surface area (Å²) >= 11 is 0. The van der Waals surface area contributed by atoms with Crippen molar-refractivity contribution in [3.05, 3.63) is 41.7 Å². The van der Waals surface area contributed by atoms with E-state index in [1.807, 2.05) is 13.0 Å².